The molecule has 1 amide bonds. The Bertz CT molecular complexity index is 1680. The van der Waals surface area contributed by atoms with Crippen molar-refractivity contribution in [3.05, 3.63) is 101 Å². The molecule has 11 heteroatoms. The number of fused-ring (bicyclic) bond motifs is 1. The Morgan fingerprint density at radius 3 is 2.58 bits per heavy atom. The van der Waals surface area contributed by atoms with Gasteiger partial charge < -0.3 is 30.4 Å². The number of hydrogen-bond donors (Lipinski definition) is 3. The Labute approximate surface area is 246 Å². The predicted molar refractivity (Wildman–Crippen MR) is 153 cm³/mol. The monoisotopic (exact) mass is 589 g/mol. The molecule has 3 aromatic carbocycles. The van der Waals surface area contributed by atoms with Crippen LogP contribution in [0.2, 0.25) is 0 Å². The van der Waals surface area contributed by atoms with E-state index in [-0.39, 0.29) is 24.6 Å². The van der Waals surface area contributed by atoms with Crippen LogP contribution in [0.4, 0.5) is 8.78 Å². The number of aromatic nitrogens is 1. The molecule has 0 bridgehead atoms. The van der Waals surface area contributed by atoms with Gasteiger partial charge in [-0.3, -0.25) is 4.79 Å². The summed E-state index contributed by atoms with van der Waals surface area (Å²) >= 11 is 0. The summed E-state index contributed by atoms with van der Waals surface area (Å²) in [6, 6.07) is 18.4. The fourth-order valence-corrected chi connectivity index (χ4v) is 4.62. The van der Waals surface area contributed by atoms with Crippen LogP contribution in [0, 0.1) is 11.6 Å². The number of amides is 1. The van der Waals surface area contributed by atoms with E-state index in [1.54, 1.807) is 37.3 Å². The number of rotatable bonds is 11. The molecule has 0 fully saturated rings. The highest BCUT2D eigenvalue weighted by Gasteiger charge is 2.23. The van der Waals surface area contributed by atoms with Gasteiger partial charge in [0.25, 0.3) is 17.7 Å². The highest BCUT2D eigenvalue weighted by atomic mass is 19.1. The van der Waals surface area contributed by atoms with E-state index in [4.69, 9.17) is 19.9 Å². The van der Waals surface area contributed by atoms with Crippen LogP contribution < -0.4 is 25.3 Å². The maximum absolute atomic E-state index is 14.8. The molecule has 5 rings (SSSR count). The first-order valence-corrected chi connectivity index (χ1v) is 13.6. The second-order valence-electron chi connectivity index (χ2n) is 9.89. The largest absolute Gasteiger partial charge is 0.493 e. The molecule has 0 saturated carbocycles. The van der Waals surface area contributed by atoms with E-state index in [0.29, 0.717) is 35.9 Å². The lowest BCUT2D eigenvalue weighted by atomic mass is 10.0. The summed E-state index contributed by atoms with van der Waals surface area (Å²) in [4.78, 5) is 28.1. The zero-order chi connectivity index (χ0) is 30.5. The highest BCUT2D eigenvalue weighted by Crippen LogP contribution is 2.32. The first-order chi connectivity index (χ1) is 20.7. The van der Waals surface area contributed by atoms with Gasteiger partial charge in [0.15, 0.2) is 17.7 Å². The van der Waals surface area contributed by atoms with E-state index in [9.17, 15) is 23.5 Å². The van der Waals surface area contributed by atoms with Crippen molar-refractivity contribution in [1.29, 1.82) is 0 Å². The van der Waals surface area contributed by atoms with Crippen LogP contribution in [0.15, 0.2) is 66.7 Å². The average Bonchev–Trinajstić information content (AvgIpc) is 3.48. The zero-order valence-corrected chi connectivity index (χ0v) is 23.2. The highest BCUT2D eigenvalue weighted by molar-refractivity contribution is 5.94. The van der Waals surface area contributed by atoms with Crippen LogP contribution in [0.25, 0.3) is 11.1 Å². The maximum atomic E-state index is 14.8. The minimum absolute atomic E-state index is 0.0300. The van der Waals surface area contributed by atoms with E-state index in [2.05, 4.69) is 10.3 Å². The SMILES string of the molecule is CCC(Oc1nc(Oc2cc(CNC(=O)c3ccc4c(c3)CCO4)cc(-c3cccc(CN)c3)c2)c(F)cc1F)C(=O)O. The molecule has 222 valence electrons. The summed E-state index contributed by atoms with van der Waals surface area (Å²) in [5.41, 5.74) is 10.3. The third-order valence-corrected chi connectivity index (χ3v) is 6.85. The van der Waals surface area contributed by atoms with Crippen LogP contribution in [-0.2, 0) is 24.3 Å². The van der Waals surface area contributed by atoms with E-state index in [0.717, 1.165) is 28.9 Å². The van der Waals surface area contributed by atoms with E-state index < -0.39 is 35.5 Å². The number of nitrogens with two attached hydrogens (primary N) is 1. The second kappa shape index (κ2) is 12.9. The average molecular weight is 590 g/mol. The molecule has 1 aliphatic heterocycles. The number of halogens is 2. The van der Waals surface area contributed by atoms with Gasteiger partial charge >= 0.3 is 5.97 Å². The van der Waals surface area contributed by atoms with Gasteiger partial charge in [-0.2, -0.15) is 4.98 Å². The number of hydrogen-bond acceptors (Lipinski definition) is 7. The van der Waals surface area contributed by atoms with Crippen molar-refractivity contribution in [2.75, 3.05) is 6.61 Å². The van der Waals surface area contributed by atoms with E-state index in [1.165, 1.54) is 0 Å². The van der Waals surface area contributed by atoms with Crippen molar-refractivity contribution >= 4 is 11.9 Å². The molecule has 4 aromatic rings. The van der Waals surface area contributed by atoms with Gasteiger partial charge in [-0.05, 0) is 76.7 Å². The molecule has 2 heterocycles. The number of carboxylic acids is 1. The molecule has 0 aliphatic carbocycles. The topological polar surface area (TPSA) is 133 Å². The Morgan fingerprint density at radius 1 is 1.02 bits per heavy atom. The van der Waals surface area contributed by atoms with Gasteiger partial charge in [0.2, 0.25) is 0 Å². The fraction of sp³-hybridized carbons (Fsp3) is 0.219. The number of benzene rings is 3. The zero-order valence-electron chi connectivity index (χ0n) is 23.2. The lowest BCUT2D eigenvalue weighted by Crippen LogP contribution is -2.26. The standard InChI is InChI=1S/C32H29F2N3O6/c1-2-27(32(39)40)43-31-26(34)15-25(33)30(37-31)42-24-12-19(11-23(14-24)20-5-3-4-18(10-20)16-35)17-36-29(38)22-6-7-28-21(13-22)8-9-41-28/h3-7,10-15,27H,2,8-9,16-17,35H2,1H3,(H,36,38)(H,39,40). The van der Waals surface area contributed by atoms with Crippen molar-refractivity contribution in [2.24, 2.45) is 5.73 Å². The molecule has 0 saturated heterocycles. The number of aliphatic carboxylic acids is 1. The van der Waals surface area contributed by atoms with Crippen molar-refractivity contribution in [2.45, 2.75) is 39.0 Å². The summed E-state index contributed by atoms with van der Waals surface area (Å²) in [7, 11) is 0. The summed E-state index contributed by atoms with van der Waals surface area (Å²) in [6.07, 6.45) is -0.619. The number of carbonyl (C=O) groups excluding carboxylic acids is 1. The van der Waals surface area contributed by atoms with Gasteiger partial charge in [0, 0.05) is 31.1 Å². The van der Waals surface area contributed by atoms with E-state index >= 15 is 0 Å². The molecule has 1 aromatic heterocycles. The first-order valence-electron chi connectivity index (χ1n) is 13.6. The molecule has 1 unspecified atom stereocenters. The molecular weight excluding hydrogens is 560 g/mol. The molecule has 1 aliphatic rings. The van der Waals surface area contributed by atoms with Crippen LogP contribution in [0.1, 0.15) is 40.4 Å². The first kappa shape index (κ1) is 29.5. The molecule has 1 atom stereocenters. The number of nitrogens with one attached hydrogen (secondary N) is 1. The summed E-state index contributed by atoms with van der Waals surface area (Å²) in [6.45, 7) is 2.55. The smallest absolute Gasteiger partial charge is 0.344 e. The Balaban J connectivity index is 1.44. The third kappa shape index (κ3) is 6.90. The fourth-order valence-electron chi connectivity index (χ4n) is 4.62. The third-order valence-electron chi connectivity index (χ3n) is 6.85. The number of carboxylic acid groups (broad SMARTS) is 1. The molecule has 4 N–H and O–H groups in total. The lowest BCUT2D eigenvalue weighted by Gasteiger charge is -2.15. The Hall–Kier alpha value is -5.03. The van der Waals surface area contributed by atoms with Gasteiger partial charge in [0.05, 0.1) is 6.61 Å². The van der Waals surface area contributed by atoms with Crippen LogP contribution in [0.3, 0.4) is 0 Å². The molecular formula is C32H29F2N3O6. The van der Waals surface area contributed by atoms with Crippen molar-refractivity contribution < 1.29 is 37.7 Å². The Kier molecular flexibility index (Phi) is 8.82. The molecule has 0 radical (unpaired) electrons. The van der Waals surface area contributed by atoms with Gasteiger partial charge in [-0.1, -0.05) is 25.1 Å². The van der Waals surface area contributed by atoms with Crippen molar-refractivity contribution in [1.82, 2.24) is 10.3 Å². The molecule has 43 heavy (non-hydrogen) atoms. The van der Waals surface area contributed by atoms with Gasteiger partial charge in [-0.15, -0.1) is 0 Å². The second-order valence-corrected chi connectivity index (χ2v) is 9.89. The summed E-state index contributed by atoms with van der Waals surface area (Å²) in [5, 5.41) is 12.2. The number of nitrogens with zero attached hydrogens (tertiary/aromatic N) is 1. The number of carbonyl (C=O) groups is 2. The molecule has 9 nitrogen and oxygen atoms in total. The lowest BCUT2D eigenvalue weighted by molar-refractivity contribution is -0.145. The van der Waals surface area contributed by atoms with Crippen LogP contribution in [0.5, 0.6) is 23.3 Å². The van der Waals surface area contributed by atoms with Crippen LogP contribution in [-0.4, -0.2) is 34.7 Å². The van der Waals surface area contributed by atoms with Gasteiger partial charge in [-0.25, -0.2) is 13.6 Å². The normalized spacial score (nSPS) is 12.7. The van der Waals surface area contributed by atoms with Gasteiger partial charge in [0.1, 0.15) is 11.5 Å². The number of pyridine rings is 1. The minimum Gasteiger partial charge on any atom is -0.493 e. The molecule has 0 spiro atoms. The summed E-state index contributed by atoms with van der Waals surface area (Å²) in [5.74, 6) is -4.28. The van der Waals surface area contributed by atoms with E-state index in [1.807, 2.05) is 30.3 Å². The summed E-state index contributed by atoms with van der Waals surface area (Å²) < 4.78 is 45.6. The Morgan fingerprint density at radius 2 is 1.81 bits per heavy atom. The minimum atomic E-state index is -1.38. The van der Waals surface area contributed by atoms with Crippen LogP contribution >= 0.6 is 0 Å². The van der Waals surface area contributed by atoms with Crippen molar-refractivity contribution in [3.63, 3.8) is 0 Å². The quantitative estimate of drug-likeness (QED) is 0.212. The van der Waals surface area contributed by atoms with Crippen molar-refractivity contribution in [3.8, 4) is 34.4 Å². The number of ether oxygens (including phenoxy) is 3. The predicted octanol–water partition coefficient (Wildman–Crippen LogP) is 5.38. The maximum Gasteiger partial charge on any atom is 0.344 e.